The van der Waals surface area contributed by atoms with Crippen molar-refractivity contribution < 1.29 is 4.79 Å². The molecule has 0 bridgehead atoms. The second-order valence-electron chi connectivity index (χ2n) is 8.15. The first-order valence-electron chi connectivity index (χ1n) is 10.1. The fourth-order valence-corrected chi connectivity index (χ4v) is 4.80. The first-order chi connectivity index (χ1) is 13.2. The van der Waals surface area contributed by atoms with E-state index in [-0.39, 0.29) is 11.3 Å². The van der Waals surface area contributed by atoms with Gasteiger partial charge in [0.25, 0.3) is 0 Å². The van der Waals surface area contributed by atoms with Crippen molar-refractivity contribution in [1.29, 1.82) is 0 Å². The Balaban J connectivity index is 1.47. The van der Waals surface area contributed by atoms with E-state index in [0.29, 0.717) is 5.91 Å². The first-order valence-corrected chi connectivity index (χ1v) is 10.1. The lowest BCUT2D eigenvalue weighted by Crippen LogP contribution is -2.53. The Kier molecular flexibility index (Phi) is 5.26. The zero-order valence-electron chi connectivity index (χ0n) is 16.2. The summed E-state index contributed by atoms with van der Waals surface area (Å²) in [6.07, 6.45) is 7.08. The van der Waals surface area contributed by atoms with E-state index >= 15 is 0 Å². The minimum Gasteiger partial charge on any atom is -0.342 e. The fraction of sp³-hybridized carbons (Fsp3) is 0.478. The molecule has 4 nitrogen and oxygen atoms in total. The molecule has 0 aliphatic carbocycles. The average molecular weight is 364 g/mol. The van der Waals surface area contributed by atoms with E-state index in [9.17, 15) is 4.79 Å². The van der Waals surface area contributed by atoms with Crippen LogP contribution in [0.2, 0.25) is 0 Å². The van der Waals surface area contributed by atoms with Gasteiger partial charge in [0.15, 0.2) is 0 Å². The van der Waals surface area contributed by atoms with Gasteiger partial charge < -0.3 is 4.90 Å². The lowest BCUT2D eigenvalue weighted by atomic mass is 9.67. The molecule has 2 aliphatic heterocycles. The molecule has 2 fully saturated rings. The van der Waals surface area contributed by atoms with E-state index in [1.807, 2.05) is 18.5 Å². The molecule has 1 aromatic carbocycles. The first kappa shape index (κ1) is 18.2. The SMILES string of the molecule is CCN1CC2(CCN(Cc3ccncc3)CC2)CC(c2ccccc2)C1=O. The van der Waals surface area contributed by atoms with Crippen LogP contribution in [-0.2, 0) is 11.3 Å². The molecule has 2 aliphatic rings. The summed E-state index contributed by atoms with van der Waals surface area (Å²) < 4.78 is 0. The zero-order chi connectivity index (χ0) is 18.7. The van der Waals surface area contributed by atoms with E-state index in [2.05, 4.69) is 58.1 Å². The van der Waals surface area contributed by atoms with Crippen LogP contribution in [0.1, 0.15) is 43.2 Å². The molecule has 4 heteroatoms. The smallest absolute Gasteiger partial charge is 0.230 e. The predicted molar refractivity (Wildman–Crippen MR) is 107 cm³/mol. The summed E-state index contributed by atoms with van der Waals surface area (Å²) in [5.74, 6) is 0.334. The summed E-state index contributed by atoms with van der Waals surface area (Å²) in [5.41, 5.74) is 2.77. The van der Waals surface area contributed by atoms with Gasteiger partial charge >= 0.3 is 0 Å². The third kappa shape index (κ3) is 3.91. The Morgan fingerprint density at radius 3 is 2.44 bits per heavy atom. The second-order valence-corrected chi connectivity index (χ2v) is 8.15. The third-order valence-electron chi connectivity index (χ3n) is 6.43. The topological polar surface area (TPSA) is 36.4 Å². The Labute approximate surface area is 162 Å². The van der Waals surface area contributed by atoms with Crippen molar-refractivity contribution in [2.24, 2.45) is 5.41 Å². The van der Waals surface area contributed by atoms with Crippen molar-refractivity contribution in [3.05, 3.63) is 66.0 Å². The van der Waals surface area contributed by atoms with Gasteiger partial charge in [0.2, 0.25) is 5.91 Å². The normalized spacial score (nSPS) is 22.9. The average Bonchev–Trinajstić information content (AvgIpc) is 2.73. The molecule has 1 amide bonds. The predicted octanol–water partition coefficient (Wildman–Crippen LogP) is 3.70. The van der Waals surface area contributed by atoms with E-state index in [4.69, 9.17) is 0 Å². The van der Waals surface area contributed by atoms with Gasteiger partial charge in [0.1, 0.15) is 0 Å². The second kappa shape index (κ2) is 7.81. The van der Waals surface area contributed by atoms with Crippen molar-refractivity contribution in [3.8, 4) is 0 Å². The van der Waals surface area contributed by atoms with Gasteiger partial charge in [-0.05, 0) is 68.0 Å². The standard InChI is InChI=1S/C23H29N3O/c1-2-26-18-23(16-21(22(26)27)20-6-4-3-5-7-20)10-14-25(15-11-23)17-19-8-12-24-13-9-19/h3-9,12-13,21H,2,10-11,14-18H2,1H3. The van der Waals surface area contributed by atoms with Crippen LogP contribution in [0.5, 0.6) is 0 Å². The highest BCUT2D eigenvalue weighted by atomic mass is 16.2. The summed E-state index contributed by atoms with van der Waals surface area (Å²) in [5, 5.41) is 0. The number of carbonyl (C=O) groups excluding carboxylic acids is 1. The molecule has 0 saturated carbocycles. The van der Waals surface area contributed by atoms with Crippen molar-refractivity contribution in [3.63, 3.8) is 0 Å². The number of likely N-dealkylation sites (N-methyl/N-ethyl adjacent to an activating group) is 1. The van der Waals surface area contributed by atoms with Crippen LogP contribution in [0.4, 0.5) is 0 Å². The molecule has 0 radical (unpaired) electrons. The lowest BCUT2D eigenvalue weighted by molar-refractivity contribution is -0.141. The highest BCUT2D eigenvalue weighted by molar-refractivity contribution is 5.84. The summed E-state index contributed by atoms with van der Waals surface area (Å²) in [4.78, 5) is 21.8. The van der Waals surface area contributed by atoms with Crippen LogP contribution in [0.15, 0.2) is 54.9 Å². The monoisotopic (exact) mass is 363 g/mol. The summed E-state index contributed by atoms with van der Waals surface area (Å²) in [6.45, 7) is 7.05. The molecular weight excluding hydrogens is 334 g/mol. The molecule has 4 rings (SSSR count). The van der Waals surface area contributed by atoms with E-state index in [1.165, 1.54) is 24.0 Å². The number of carbonyl (C=O) groups is 1. The fourth-order valence-electron chi connectivity index (χ4n) is 4.80. The summed E-state index contributed by atoms with van der Waals surface area (Å²) >= 11 is 0. The third-order valence-corrected chi connectivity index (χ3v) is 6.43. The van der Waals surface area contributed by atoms with Crippen LogP contribution < -0.4 is 0 Å². The van der Waals surface area contributed by atoms with E-state index < -0.39 is 0 Å². The van der Waals surface area contributed by atoms with Crippen LogP contribution in [-0.4, -0.2) is 46.9 Å². The van der Waals surface area contributed by atoms with E-state index in [1.54, 1.807) is 0 Å². The number of hydrogen-bond donors (Lipinski definition) is 0. The van der Waals surface area contributed by atoms with Crippen LogP contribution >= 0.6 is 0 Å². The number of amides is 1. The lowest BCUT2D eigenvalue weighted by Gasteiger charge is -2.50. The van der Waals surface area contributed by atoms with Crippen LogP contribution in [0.3, 0.4) is 0 Å². The Hall–Kier alpha value is -2.20. The zero-order valence-corrected chi connectivity index (χ0v) is 16.2. The number of piperidine rings is 2. The molecule has 1 atom stereocenters. The largest absolute Gasteiger partial charge is 0.342 e. The van der Waals surface area contributed by atoms with Crippen LogP contribution in [0.25, 0.3) is 0 Å². The molecule has 1 spiro atoms. The number of nitrogens with zero attached hydrogens (tertiary/aromatic N) is 3. The Bertz CT molecular complexity index is 754. The number of benzene rings is 1. The maximum Gasteiger partial charge on any atom is 0.230 e. The number of pyridine rings is 1. The Morgan fingerprint density at radius 1 is 1.07 bits per heavy atom. The van der Waals surface area contributed by atoms with Gasteiger partial charge in [-0.25, -0.2) is 0 Å². The number of rotatable bonds is 4. The molecule has 0 N–H and O–H groups in total. The maximum absolute atomic E-state index is 13.0. The molecule has 142 valence electrons. The molecule has 1 aromatic heterocycles. The number of aromatic nitrogens is 1. The van der Waals surface area contributed by atoms with Crippen molar-refractivity contribution in [2.45, 2.75) is 38.6 Å². The maximum atomic E-state index is 13.0. The van der Waals surface area contributed by atoms with Gasteiger partial charge in [-0.2, -0.15) is 0 Å². The van der Waals surface area contributed by atoms with Crippen molar-refractivity contribution in [1.82, 2.24) is 14.8 Å². The molecule has 27 heavy (non-hydrogen) atoms. The molecule has 1 unspecified atom stereocenters. The highest BCUT2D eigenvalue weighted by Gasteiger charge is 2.45. The van der Waals surface area contributed by atoms with Gasteiger partial charge in [-0.1, -0.05) is 30.3 Å². The molecular formula is C23H29N3O. The molecule has 2 saturated heterocycles. The number of hydrogen-bond acceptors (Lipinski definition) is 3. The highest BCUT2D eigenvalue weighted by Crippen LogP contribution is 2.45. The van der Waals surface area contributed by atoms with Gasteiger partial charge in [0.05, 0.1) is 5.92 Å². The van der Waals surface area contributed by atoms with Crippen molar-refractivity contribution >= 4 is 5.91 Å². The summed E-state index contributed by atoms with van der Waals surface area (Å²) in [6, 6.07) is 14.6. The molecule has 2 aromatic rings. The quantitative estimate of drug-likeness (QED) is 0.831. The van der Waals surface area contributed by atoms with E-state index in [0.717, 1.165) is 39.1 Å². The number of likely N-dealkylation sites (tertiary alicyclic amines) is 2. The minimum absolute atomic E-state index is 0.0200. The van der Waals surface area contributed by atoms with Gasteiger partial charge in [-0.3, -0.25) is 14.7 Å². The molecule has 3 heterocycles. The van der Waals surface area contributed by atoms with Crippen LogP contribution in [0, 0.1) is 5.41 Å². The minimum atomic E-state index is 0.0200. The summed E-state index contributed by atoms with van der Waals surface area (Å²) in [7, 11) is 0. The van der Waals surface area contributed by atoms with Crippen molar-refractivity contribution in [2.75, 3.05) is 26.2 Å². The van der Waals surface area contributed by atoms with Gasteiger partial charge in [-0.15, -0.1) is 0 Å². The Morgan fingerprint density at radius 2 is 1.78 bits per heavy atom. The van der Waals surface area contributed by atoms with Gasteiger partial charge in [0, 0.05) is 32.0 Å².